The van der Waals surface area contributed by atoms with Crippen molar-refractivity contribution in [2.24, 2.45) is 5.73 Å². The van der Waals surface area contributed by atoms with Gasteiger partial charge in [0.1, 0.15) is 5.82 Å². The van der Waals surface area contributed by atoms with Gasteiger partial charge in [0.15, 0.2) is 5.78 Å². The standard InChI is InChI=1S/C8H6Cl2FNO.ClH/c9-5-2-6(10)7(11)1-4(5)8(13)3-12;/h1-2H,3,12H2;1H. The molecule has 0 saturated carbocycles. The number of hydrogen-bond donors (Lipinski definition) is 1. The lowest BCUT2D eigenvalue weighted by molar-refractivity contribution is 0.100. The van der Waals surface area contributed by atoms with Crippen molar-refractivity contribution in [2.75, 3.05) is 6.54 Å². The molecular formula is C8H7Cl3FNO. The number of hydrogen-bond acceptors (Lipinski definition) is 2. The lowest BCUT2D eigenvalue weighted by Gasteiger charge is -2.02. The van der Waals surface area contributed by atoms with E-state index in [9.17, 15) is 9.18 Å². The number of ketones is 1. The molecule has 0 heterocycles. The van der Waals surface area contributed by atoms with E-state index in [4.69, 9.17) is 28.9 Å². The van der Waals surface area contributed by atoms with E-state index in [1.54, 1.807) is 0 Å². The number of rotatable bonds is 2. The molecule has 78 valence electrons. The van der Waals surface area contributed by atoms with Crippen LogP contribution in [0.25, 0.3) is 0 Å². The van der Waals surface area contributed by atoms with Gasteiger partial charge < -0.3 is 5.73 Å². The van der Waals surface area contributed by atoms with Crippen molar-refractivity contribution < 1.29 is 9.18 Å². The zero-order valence-electron chi connectivity index (χ0n) is 6.89. The summed E-state index contributed by atoms with van der Waals surface area (Å²) in [6.07, 6.45) is 0. The third-order valence-corrected chi connectivity index (χ3v) is 2.10. The normalized spacial score (nSPS) is 9.43. The number of Topliss-reactive ketones (excluding diaryl/α,β-unsaturated/α-hetero) is 1. The fraction of sp³-hybridized carbons (Fsp3) is 0.125. The number of carbonyl (C=O) groups excluding carboxylic acids is 1. The molecule has 0 radical (unpaired) electrons. The molecular weight excluding hydrogens is 251 g/mol. The van der Waals surface area contributed by atoms with Gasteiger partial charge in [-0.1, -0.05) is 23.2 Å². The first-order valence-corrected chi connectivity index (χ1v) is 4.19. The molecule has 1 aromatic rings. The van der Waals surface area contributed by atoms with E-state index in [2.05, 4.69) is 0 Å². The van der Waals surface area contributed by atoms with Gasteiger partial charge in [0, 0.05) is 5.56 Å². The van der Waals surface area contributed by atoms with E-state index < -0.39 is 11.6 Å². The highest BCUT2D eigenvalue weighted by Crippen LogP contribution is 2.24. The van der Waals surface area contributed by atoms with Gasteiger partial charge in [-0.05, 0) is 12.1 Å². The van der Waals surface area contributed by atoms with Gasteiger partial charge in [0.05, 0.1) is 16.6 Å². The first kappa shape index (κ1) is 13.7. The average molecular weight is 259 g/mol. The Kier molecular flexibility index (Phi) is 5.37. The molecule has 0 spiro atoms. The molecule has 2 N–H and O–H groups in total. The van der Waals surface area contributed by atoms with Gasteiger partial charge in [-0.3, -0.25) is 4.79 Å². The third-order valence-electron chi connectivity index (χ3n) is 1.50. The maximum Gasteiger partial charge on any atom is 0.177 e. The summed E-state index contributed by atoms with van der Waals surface area (Å²) in [5.41, 5.74) is 5.16. The summed E-state index contributed by atoms with van der Waals surface area (Å²) < 4.78 is 12.9. The fourth-order valence-electron chi connectivity index (χ4n) is 0.846. The maximum atomic E-state index is 12.9. The van der Waals surface area contributed by atoms with Crippen LogP contribution in [0.2, 0.25) is 10.0 Å². The third kappa shape index (κ3) is 2.82. The van der Waals surface area contributed by atoms with Gasteiger partial charge in [0.25, 0.3) is 0 Å². The Bertz CT molecular complexity index is 357. The summed E-state index contributed by atoms with van der Waals surface area (Å²) in [6, 6.07) is 2.17. The van der Waals surface area contributed by atoms with Crippen LogP contribution in [-0.4, -0.2) is 12.3 Å². The summed E-state index contributed by atoms with van der Waals surface area (Å²) in [5.74, 6) is -1.09. The smallest absolute Gasteiger partial charge is 0.177 e. The van der Waals surface area contributed by atoms with Crippen LogP contribution in [0, 0.1) is 5.82 Å². The van der Waals surface area contributed by atoms with Crippen molar-refractivity contribution in [1.29, 1.82) is 0 Å². The Balaban J connectivity index is 0.00000169. The van der Waals surface area contributed by atoms with Gasteiger partial charge >= 0.3 is 0 Å². The molecule has 0 aliphatic heterocycles. The van der Waals surface area contributed by atoms with Gasteiger partial charge in [-0.15, -0.1) is 12.4 Å². The van der Waals surface area contributed by atoms with Crippen LogP contribution in [0.5, 0.6) is 0 Å². The van der Waals surface area contributed by atoms with Crippen LogP contribution < -0.4 is 5.73 Å². The van der Waals surface area contributed by atoms with E-state index in [0.717, 1.165) is 6.07 Å². The molecule has 1 rings (SSSR count). The summed E-state index contributed by atoms with van der Waals surface area (Å²) >= 11 is 11.1. The highest BCUT2D eigenvalue weighted by Gasteiger charge is 2.12. The van der Waals surface area contributed by atoms with Crippen LogP contribution in [0.4, 0.5) is 4.39 Å². The molecule has 0 aromatic heterocycles. The molecule has 14 heavy (non-hydrogen) atoms. The molecule has 0 aliphatic rings. The maximum absolute atomic E-state index is 12.9. The molecule has 0 aliphatic carbocycles. The highest BCUT2D eigenvalue weighted by atomic mass is 35.5. The monoisotopic (exact) mass is 257 g/mol. The van der Waals surface area contributed by atoms with E-state index in [1.165, 1.54) is 6.07 Å². The molecule has 0 bridgehead atoms. The molecule has 1 aromatic carbocycles. The van der Waals surface area contributed by atoms with Crippen molar-refractivity contribution in [3.05, 3.63) is 33.6 Å². The number of halogens is 4. The fourth-order valence-corrected chi connectivity index (χ4v) is 1.33. The molecule has 0 atom stereocenters. The number of carbonyl (C=O) groups is 1. The minimum atomic E-state index is -0.678. The van der Waals surface area contributed by atoms with Crippen LogP contribution >= 0.6 is 35.6 Å². The lowest BCUT2D eigenvalue weighted by Crippen LogP contribution is -2.14. The van der Waals surface area contributed by atoms with Crippen molar-refractivity contribution in [3.63, 3.8) is 0 Å². The van der Waals surface area contributed by atoms with Crippen LogP contribution in [0.1, 0.15) is 10.4 Å². The summed E-state index contributed by atoms with van der Waals surface area (Å²) in [4.78, 5) is 11.1. The molecule has 0 amide bonds. The summed E-state index contributed by atoms with van der Waals surface area (Å²) in [6.45, 7) is -0.208. The molecule has 0 unspecified atom stereocenters. The van der Waals surface area contributed by atoms with E-state index in [1.807, 2.05) is 0 Å². The minimum absolute atomic E-state index is 0. The quantitative estimate of drug-likeness (QED) is 0.655. The average Bonchev–Trinajstić information content (AvgIpc) is 2.10. The van der Waals surface area contributed by atoms with Crippen molar-refractivity contribution >= 4 is 41.4 Å². The summed E-state index contributed by atoms with van der Waals surface area (Å²) in [7, 11) is 0. The molecule has 0 fully saturated rings. The van der Waals surface area contributed by atoms with Gasteiger partial charge in [0.2, 0.25) is 0 Å². The number of benzene rings is 1. The predicted molar refractivity (Wildman–Crippen MR) is 57.1 cm³/mol. The Morgan fingerprint density at radius 1 is 1.36 bits per heavy atom. The molecule has 2 nitrogen and oxygen atoms in total. The van der Waals surface area contributed by atoms with E-state index in [0.29, 0.717) is 0 Å². The van der Waals surface area contributed by atoms with Crippen molar-refractivity contribution in [3.8, 4) is 0 Å². The zero-order valence-corrected chi connectivity index (χ0v) is 9.22. The topological polar surface area (TPSA) is 43.1 Å². The van der Waals surface area contributed by atoms with Gasteiger partial charge in [-0.2, -0.15) is 0 Å². The van der Waals surface area contributed by atoms with Crippen LogP contribution in [-0.2, 0) is 0 Å². The molecule has 6 heteroatoms. The zero-order chi connectivity index (χ0) is 10.0. The largest absolute Gasteiger partial charge is 0.324 e. The second-order valence-electron chi connectivity index (χ2n) is 2.37. The first-order chi connectivity index (χ1) is 6.06. The molecule has 0 saturated heterocycles. The predicted octanol–water partition coefficient (Wildman–Crippen LogP) is 2.70. The van der Waals surface area contributed by atoms with E-state index >= 15 is 0 Å². The SMILES string of the molecule is Cl.NCC(=O)c1cc(F)c(Cl)cc1Cl. The van der Waals surface area contributed by atoms with Crippen LogP contribution in [0.3, 0.4) is 0 Å². The highest BCUT2D eigenvalue weighted by molar-refractivity contribution is 6.37. The second kappa shape index (κ2) is 5.51. The van der Waals surface area contributed by atoms with E-state index in [-0.39, 0.29) is 34.6 Å². The number of nitrogens with two attached hydrogens (primary N) is 1. The Labute approximate surface area is 96.6 Å². The van der Waals surface area contributed by atoms with Crippen LogP contribution in [0.15, 0.2) is 12.1 Å². The minimum Gasteiger partial charge on any atom is -0.324 e. The van der Waals surface area contributed by atoms with Crippen molar-refractivity contribution in [1.82, 2.24) is 0 Å². The Hall–Kier alpha value is -0.350. The lowest BCUT2D eigenvalue weighted by atomic mass is 10.1. The Morgan fingerprint density at radius 2 is 1.93 bits per heavy atom. The first-order valence-electron chi connectivity index (χ1n) is 3.44. The van der Waals surface area contributed by atoms with Crippen molar-refractivity contribution in [2.45, 2.75) is 0 Å². The second-order valence-corrected chi connectivity index (χ2v) is 3.19. The Morgan fingerprint density at radius 3 is 2.43 bits per heavy atom. The summed E-state index contributed by atoms with van der Waals surface area (Å²) in [5, 5.41) is 0.000390. The van der Waals surface area contributed by atoms with Gasteiger partial charge in [-0.25, -0.2) is 4.39 Å².